The van der Waals surface area contributed by atoms with Gasteiger partial charge < -0.3 is 19.5 Å². The van der Waals surface area contributed by atoms with Crippen LogP contribution in [-0.2, 0) is 4.74 Å². The van der Waals surface area contributed by atoms with Crippen LogP contribution in [0, 0.1) is 0 Å². The van der Waals surface area contributed by atoms with E-state index in [2.05, 4.69) is 5.32 Å². The van der Waals surface area contributed by atoms with E-state index in [9.17, 15) is 4.79 Å². The Labute approximate surface area is 127 Å². The number of hydrogen-bond acceptors (Lipinski definition) is 5. The quantitative estimate of drug-likeness (QED) is 0.860. The molecular weight excluding hydrogens is 282 g/mol. The summed E-state index contributed by atoms with van der Waals surface area (Å²) in [6.45, 7) is 3.71. The van der Waals surface area contributed by atoms with Crippen LogP contribution in [0.4, 0.5) is 5.69 Å². The molecule has 0 radical (unpaired) electrons. The minimum atomic E-state index is -0.659. The maximum Gasteiger partial charge on any atom is 0.340 e. The first kappa shape index (κ1) is 13.0. The Morgan fingerprint density at radius 1 is 1.05 bits per heavy atom. The van der Waals surface area contributed by atoms with Crippen molar-refractivity contribution in [3.63, 3.8) is 0 Å². The number of cyclic esters (lactones) is 1. The smallest absolute Gasteiger partial charge is 0.340 e. The number of carbonyl (C=O) groups excluding carboxylic acids is 1. The van der Waals surface area contributed by atoms with Crippen LogP contribution in [0.25, 0.3) is 0 Å². The first-order valence-corrected chi connectivity index (χ1v) is 7.10. The molecule has 0 fully saturated rings. The monoisotopic (exact) mass is 297 g/mol. The molecule has 112 valence electrons. The zero-order chi connectivity index (χ0) is 15.3. The van der Waals surface area contributed by atoms with Gasteiger partial charge in [-0.1, -0.05) is 18.2 Å². The van der Waals surface area contributed by atoms with Gasteiger partial charge in [-0.25, -0.2) is 4.79 Å². The van der Waals surface area contributed by atoms with Crippen LogP contribution < -0.4 is 14.8 Å². The summed E-state index contributed by atoms with van der Waals surface area (Å²) in [5, 5.41) is 3.21. The molecule has 22 heavy (non-hydrogen) atoms. The normalized spacial score (nSPS) is 20.5. The third kappa shape index (κ3) is 2.06. The van der Waals surface area contributed by atoms with E-state index in [0.717, 1.165) is 11.3 Å². The van der Waals surface area contributed by atoms with E-state index in [1.807, 2.05) is 50.2 Å². The molecular formula is C17H15NO4. The molecule has 2 aliphatic rings. The highest BCUT2D eigenvalue weighted by molar-refractivity contribution is 5.94. The molecule has 5 nitrogen and oxygen atoms in total. The molecule has 0 saturated heterocycles. The van der Waals surface area contributed by atoms with E-state index in [1.165, 1.54) is 0 Å². The van der Waals surface area contributed by atoms with Crippen molar-refractivity contribution in [1.82, 2.24) is 0 Å². The van der Waals surface area contributed by atoms with Crippen LogP contribution in [0.15, 0.2) is 42.5 Å². The maximum atomic E-state index is 11.8. The molecule has 2 aliphatic heterocycles. The van der Waals surface area contributed by atoms with Crippen LogP contribution in [0.5, 0.6) is 11.5 Å². The standard InChI is InChI=1S/C17H15NO4/c1-17(2)21-13-8-7-10(9-14(13)22-17)18-15-11-5-3-4-6-12(11)16(19)20-15/h3-9,15,18H,1-2H3. The van der Waals surface area contributed by atoms with E-state index in [1.54, 1.807) is 6.07 Å². The summed E-state index contributed by atoms with van der Waals surface area (Å²) in [7, 11) is 0. The maximum absolute atomic E-state index is 11.8. The zero-order valence-corrected chi connectivity index (χ0v) is 12.3. The van der Waals surface area contributed by atoms with Crippen LogP contribution in [-0.4, -0.2) is 11.8 Å². The van der Waals surface area contributed by atoms with Gasteiger partial charge in [0.05, 0.1) is 5.56 Å². The summed E-state index contributed by atoms with van der Waals surface area (Å²) in [6.07, 6.45) is -0.489. The Bertz CT molecular complexity index is 769. The Morgan fingerprint density at radius 3 is 2.68 bits per heavy atom. The average Bonchev–Trinajstić information content (AvgIpc) is 2.95. The van der Waals surface area contributed by atoms with Gasteiger partial charge in [0.1, 0.15) is 0 Å². The van der Waals surface area contributed by atoms with Crippen LogP contribution in [0.1, 0.15) is 36.0 Å². The van der Waals surface area contributed by atoms with Gasteiger partial charge in [-0.3, -0.25) is 0 Å². The van der Waals surface area contributed by atoms with Gasteiger partial charge in [0, 0.05) is 31.2 Å². The predicted molar refractivity (Wildman–Crippen MR) is 80.0 cm³/mol. The molecule has 1 unspecified atom stereocenters. The molecule has 1 N–H and O–H groups in total. The SMILES string of the molecule is CC1(C)Oc2ccc(NC3OC(=O)c4ccccc43)cc2O1. The first-order valence-electron chi connectivity index (χ1n) is 7.10. The van der Waals surface area contributed by atoms with Crippen LogP contribution in [0.3, 0.4) is 0 Å². The molecule has 0 saturated carbocycles. The number of rotatable bonds is 2. The number of nitrogens with one attached hydrogen (secondary N) is 1. The summed E-state index contributed by atoms with van der Waals surface area (Å²) in [5.74, 6) is 0.412. The van der Waals surface area contributed by atoms with E-state index in [4.69, 9.17) is 14.2 Å². The second kappa shape index (κ2) is 4.40. The van der Waals surface area contributed by atoms with Crippen LogP contribution >= 0.6 is 0 Å². The van der Waals surface area contributed by atoms with Crippen molar-refractivity contribution >= 4 is 11.7 Å². The number of anilines is 1. The van der Waals surface area contributed by atoms with Crippen molar-refractivity contribution in [2.75, 3.05) is 5.32 Å². The topological polar surface area (TPSA) is 56.8 Å². The van der Waals surface area contributed by atoms with Crippen molar-refractivity contribution in [2.45, 2.75) is 25.9 Å². The summed E-state index contributed by atoms with van der Waals surface area (Å²) in [4.78, 5) is 11.8. The third-order valence-corrected chi connectivity index (χ3v) is 3.64. The lowest BCUT2D eigenvalue weighted by atomic mass is 10.1. The lowest BCUT2D eigenvalue weighted by Crippen LogP contribution is -2.29. The molecule has 5 heteroatoms. The van der Waals surface area contributed by atoms with Gasteiger partial charge in [-0.15, -0.1) is 0 Å². The number of ether oxygens (including phenoxy) is 3. The number of fused-ring (bicyclic) bond motifs is 2. The fourth-order valence-electron chi connectivity index (χ4n) is 2.72. The highest BCUT2D eigenvalue weighted by Crippen LogP contribution is 2.41. The minimum Gasteiger partial charge on any atom is -0.449 e. The molecule has 2 heterocycles. The van der Waals surface area contributed by atoms with E-state index in [-0.39, 0.29) is 5.97 Å². The fraction of sp³-hybridized carbons (Fsp3) is 0.235. The van der Waals surface area contributed by atoms with Gasteiger partial charge in [0.25, 0.3) is 0 Å². The van der Waals surface area contributed by atoms with Crippen molar-refractivity contribution in [3.8, 4) is 11.5 Å². The molecule has 0 aromatic heterocycles. The number of carbonyl (C=O) groups is 1. The van der Waals surface area contributed by atoms with Crippen molar-refractivity contribution in [3.05, 3.63) is 53.6 Å². The largest absolute Gasteiger partial charge is 0.449 e. The van der Waals surface area contributed by atoms with E-state index >= 15 is 0 Å². The molecule has 0 spiro atoms. The zero-order valence-electron chi connectivity index (χ0n) is 12.3. The molecule has 2 aromatic rings. The summed E-state index contributed by atoms with van der Waals surface area (Å²) < 4.78 is 16.8. The molecule has 2 aromatic carbocycles. The highest BCUT2D eigenvalue weighted by Gasteiger charge is 2.33. The minimum absolute atomic E-state index is 0.310. The third-order valence-electron chi connectivity index (χ3n) is 3.64. The summed E-state index contributed by atoms with van der Waals surface area (Å²) >= 11 is 0. The Balaban J connectivity index is 1.60. The second-order valence-corrected chi connectivity index (χ2v) is 5.78. The van der Waals surface area contributed by atoms with Crippen molar-refractivity contribution < 1.29 is 19.0 Å². The molecule has 0 amide bonds. The summed E-state index contributed by atoms with van der Waals surface area (Å²) in [6, 6.07) is 12.9. The average molecular weight is 297 g/mol. The summed E-state index contributed by atoms with van der Waals surface area (Å²) in [5.41, 5.74) is 2.24. The predicted octanol–water partition coefficient (Wildman–Crippen LogP) is 3.48. The van der Waals surface area contributed by atoms with Crippen LogP contribution in [0.2, 0.25) is 0 Å². The number of hydrogen-bond donors (Lipinski definition) is 1. The molecule has 0 aliphatic carbocycles. The first-order chi connectivity index (χ1) is 10.5. The fourth-order valence-corrected chi connectivity index (χ4v) is 2.72. The van der Waals surface area contributed by atoms with E-state index in [0.29, 0.717) is 17.1 Å². The lowest BCUT2D eigenvalue weighted by Gasteiger charge is -2.16. The Morgan fingerprint density at radius 2 is 1.82 bits per heavy atom. The molecule has 0 bridgehead atoms. The highest BCUT2D eigenvalue weighted by atomic mass is 16.7. The van der Waals surface area contributed by atoms with Gasteiger partial charge in [-0.05, 0) is 18.2 Å². The van der Waals surface area contributed by atoms with Gasteiger partial charge in [0.15, 0.2) is 11.5 Å². The number of benzene rings is 2. The Kier molecular flexibility index (Phi) is 2.60. The molecule has 4 rings (SSSR count). The number of esters is 1. The van der Waals surface area contributed by atoms with E-state index < -0.39 is 12.0 Å². The Hall–Kier alpha value is -2.69. The van der Waals surface area contributed by atoms with Crippen molar-refractivity contribution in [2.24, 2.45) is 0 Å². The second-order valence-electron chi connectivity index (χ2n) is 5.78. The van der Waals surface area contributed by atoms with Gasteiger partial charge in [-0.2, -0.15) is 0 Å². The van der Waals surface area contributed by atoms with Gasteiger partial charge in [0.2, 0.25) is 12.0 Å². The van der Waals surface area contributed by atoms with Gasteiger partial charge >= 0.3 is 5.97 Å². The molecule has 1 atom stereocenters. The van der Waals surface area contributed by atoms with Crippen molar-refractivity contribution in [1.29, 1.82) is 0 Å². The lowest BCUT2D eigenvalue weighted by molar-refractivity contribution is -0.0431.